The quantitative estimate of drug-likeness (QED) is 0.768. The molecule has 0 bridgehead atoms. The zero-order valence-corrected chi connectivity index (χ0v) is 14.9. The number of carbonyl (C=O) groups excluding carboxylic acids is 2. The Kier molecular flexibility index (Phi) is 5.79. The molecule has 6 nitrogen and oxygen atoms in total. The average molecular weight is 344 g/mol. The Balaban J connectivity index is 1.55. The minimum atomic E-state index is -0.139. The van der Waals surface area contributed by atoms with Crippen LogP contribution in [0.25, 0.3) is 0 Å². The van der Waals surface area contributed by atoms with Gasteiger partial charge in [-0.3, -0.25) is 4.79 Å². The molecule has 0 aromatic heterocycles. The third kappa shape index (κ3) is 4.44. The number of carbonyl (C=O) groups is 2. The van der Waals surface area contributed by atoms with E-state index in [0.717, 1.165) is 49.9 Å². The van der Waals surface area contributed by atoms with Crippen molar-refractivity contribution >= 4 is 17.6 Å². The van der Waals surface area contributed by atoms with E-state index in [1.807, 2.05) is 24.3 Å². The molecule has 3 rings (SSSR count). The van der Waals surface area contributed by atoms with Gasteiger partial charge in [-0.1, -0.05) is 31.9 Å². The van der Waals surface area contributed by atoms with Crippen molar-refractivity contribution in [2.75, 3.05) is 18.4 Å². The van der Waals surface area contributed by atoms with Gasteiger partial charge < -0.3 is 20.9 Å². The third-order valence-corrected chi connectivity index (χ3v) is 5.03. The number of nitrogens with zero attached hydrogens (tertiary/aromatic N) is 1. The molecule has 1 saturated carbocycles. The van der Waals surface area contributed by atoms with Gasteiger partial charge in [0.25, 0.3) is 0 Å². The van der Waals surface area contributed by atoms with Crippen molar-refractivity contribution in [3.8, 4) is 0 Å². The summed E-state index contributed by atoms with van der Waals surface area (Å²) in [5.41, 5.74) is 2.15. The molecule has 2 unspecified atom stereocenters. The topological polar surface area (TPSA) is 73.5 Å². The molecule has 25 heavy (non-hydrogen) atoms. The molecule has 2 atom stereocenters. The maximum atomic E-state index is 12.6. The molecule has 1 aromatic carbocycles. The van der Waals surface area contributed by atoms with Crippen molar-refractivity contribution in [2.24, 2.45) is 0 Å². The highest BCUT2D eigenvalue weighted by atomic mass is 16.2. The second kappa shape index (κ2) is 8.23. The largest absolute Gasteiger partial charge is 0.385 e. The summed E-state index contributed by atoms with van der Waals surface area (Å²) in [4.78, 5) is 26.2. The van der Waals surface area contributed by atoms with Crippen LogP contribution in [0, 0.1) is 0 Å². The standard InChI is InChI=1S/C19H28N4O2/c1-2-11-20-15-9-7-14(8-10-15)12-21-19(25)23-13-18(24)22-16-5-3-4-6-17(16)23/h7-10,16-17,20H,2-6,11-13H2,1H3,(H,21,25)(H,22,24). The second-order valence-corrected chi connectivity index (χ2v) is 6.94. The number of benzene rings is 1. The van der Waals surface area contributed by atoms with Crippen molar-refractivity contribution in [1.29, 1.82) is 0 Å². The lowest BCUT2D eigenvalue weighted by molar-refractivity contribution is -0.126. The van der Waals surface area contributed by atoms with Crippen LogP contribution in [0.15, 0.2) is 24.3 Å². The first-order valence-corrected chi connectivity index (χ1v) is 9.34. The maximum Gasteiger partial charge on any atom is 0.318 e. The summed E-state index contributed by atoms with van der Waals surface area (Å²) in [6.07, 6.45) is 5.26. The number of fused-ring (bicyclic) bond motifs is 1. The van der Waals surface area contributed by atoms with E-state index in [1.165, 1.54) is 0 Å². The summed E-state index contributed by atoms with van der Waals surface area (Å²) in [6, 6.07) is 8.21. The van der Waals surface area contributed by atoms with E-state index in [1.54, 1.807) is 4.90 Å². The molecule has 0 spiro atoms. The van der Waals surface area contributed by atoms with Crippen molar-refractivity contribution in [3.63, 3.8) is 0 Å². The lowest BCUT2D eigenvalue weighted by Gasteiger charge is -2.43. The second-order valence-electron chi connectivity index (χ2n) is 6.94. The Morgan fingerprint density at radius 2 is 2.00 bits per heavy atom. The highest BCUT2D eigenvalue weighted by Crippen LogP contribution is 2.25. The van der Waals surface area contributed by atoms with Gasteiger partial charge in [-0.15, -0.1) is 0 Å². The molecule has 2 fully saturated rings. The lowest BCUT2D eigenvalue weighted by Crippen LogP contribution is -2.64. The fraction of sp³-hybridized carbons (Fsp3) is 0.579. The molecule has 1 saturated heterocycles. The Morgan fingerprint density at radius 3 is 2.76 bits per heavy atom. The van der Waals surface area contributed by atoms with Gasteiger partial charge in [-0.05, 0) is 37.0 Å². The minimum Gasteiger partial charge on any atom is -0.385 e. The van der Waals surface area contributed by atoms with E-state index in [-0.39, 0.29) is 30.6 Å². The van der Waals surface area contributed by atoms with Crippen LogP contribution >= 0.6 is 0 Å². The van der Waals surface area contributed by atoms with Gasteiger partial charge in [0, 0.05) is 24.8 Å². The normalized spacial score (nSPS) is 22.8. The number of nitrogens with one attached hydrogen (secondary N) is 3. The van der Waals surface area contributed by atoms with E-state index >= 15 is 0 Å². The first-order valence-electron chi connectivity index (χ1n) is 9.34. The fourth-order valence-corrected chi connectivity index (χ4v) is 3.69. The number of urea groups is 1. The van der Waals surface area contributed by atoms with E-state index in [0.29, 0.717) is 6.54 Å². The van der Waals surface area contributed by atoms with Crippen LogP contribution in [0.3, 0.4) is 0 Å². The minimum absolute atomic E-state index is 0.0512. The SMILES string of the molecule is CCCNc1ccc(CNC(=O)N2CC(=O)NC3CCCCC32)cc1. The first kappa shape index (κ1) is 17.6. The van der Waals surface area contributed by atoms with E-state index < -0.39 is 0 Å². The lowest BCUT2D eigenvalue weighted by atomic mass is 9.87. The van der Waals surface area contributed by atoms with E-state index in [4.69, 9.17) is 0 Å². The van der Waals surface area contributed by atoms with Gasteiger partial charge in [-0.25, -0.2) is 4.79 Å². The van der Waals surface area contributed by atoms with Crippen molar-refractivity contribution in [2.45, 2.75) is 57.7 Å². The predicted octanol–water partition coefficient (Wildman–Crippen LogP) is 2.46. The smallest absolute Gasteiger partial charge is 0.318 e. The molecule has 1 heterocycles. The van der Waals surface area contributed by atoms with Crippen LogP contribution in [0.4, 0.5) is 10.5 Å². The molecule has 136 valence electrons. The molecule has 2 aliphatic rings. The van der Waals surface area contributed by atoms with Gasteiger partial charge in [0.15, 0.2) is 0 Å². The number of anilines is 1. The molecular formula is C19H28N4O2. The summed E-state index contributed by atoms with van der Waals surface area (Å²) in [6.45, 7) is 3.72. The molecule has 6 heteroatoms. The van der Waals surface area contributed by atoms with Crippen LogP contribution in [-0.4, -0.2) is 42.0 Å². The molecule has 1 aliphatic heterocycles. The van der Waals surface area contributed by atoms with Crippen molar-refractivity contribution in [3.05, 3.63) is 29.8 Å². The van der Waals surface area contributed by atoms with Crippen LogP contribution in [-0.2, 0) is 11.3 Å². The molecule has 1 aliphatic carbocycles. The summed E-state index contributed by atoms with van der Waals surface area (Å²) >= 11 is 0. The average Bonchev–Trinajstić information content (AvgIpc) is 2.64. The Hall–Kier alpha value is -2.24. The van der Waals surface area contributed by atoms with E-state index in [2.05, 4.69) is 22.9 Å². The number of amides is 3. The van der Waals surface area contributed by atoms with Crippen LogP contribution < -0.4 is 16.0 Å². The molecule has 3 amide bonds. The molecule has 0 radical (unpaired) electrons. The zero-order valence-electron chi connectivity index (χ0n) is 14.9. The van der Waals surface area contributed by atoms with Crippen LogP contribution in [0.2, 0.25) is 0 Å². The Labute approximate surface area is 149 Å². The van der Waals surface area contributed by atoms with Gasteiger partial charge >= 0.3 is 6.03 Å². The monoisotopic (exact) mass is 344 g/mol. The number of hydrogen-bond acceptors (Lipinski definition) is 3. The number of rotatable bonds is 5. The highest BCUT2D eigenvalue weighted by molar-refractivity contribution is 5.86. The Bertz CT molecular complexity index is 602. The summed E-state index contributed by atoms with van der Waals surface area (Å²) in [5.74, 6) is -0.0512. The number of piperazine rings is 1. The molecule has 3 N–H and O–H groups in total. The predicted molar refractivity (Wildman–Crippen MR) is 98.4 cm³/mol. The zero-order chi connectivity index (χ0) is 17.6. The highest BCUT2D eigenvalue weighted by Gasteiger charge is 2.38. The maximum absolute atomic E-state index is 12.6. The van der Waals surface area contributed by atoms with Gasteiger partial charge in [-0.2, -0.15) is 0 Å². The van der Waals surface area contributed by atoms with Gasteiger partial charge in [0.1, 0.15) is 6.54 Å². The number of hydrogen-bond donors (Lipinski definition) is 3. The summed E-state index contributed by atoms with van der Waals surface area (Å²) < 4.78 is 0. The van der Waals surface area contributed by atoms with Crippen LogP contribution in [0.5, 0.6) is 0 Å². The molecule has 1 aromatic rings. The van der Waals surface area contributed by atoms with Gasteiger partial charge in [0.05, 0.1) is 6.04 Å². The third-order valence-electron chi connectivity index (χ3n) is 5.03. The Morgan fingerprint density at radius 1 is 1.24 bits per heavy atom. The van der Waals surface area contributed by atoms with Crippen LogP contribution in [0.1, 0.15) is 44.6 Å². The van der Waals surface area contributed by atoms with Crippen molar-refractivity contribution < 1.29 is 9.59 Å². The van der Waals surface area contributed by atoms with Gasteiger partial charge in [0.2, 0.25) is 5.91 Å². The first-order chi connectivity index (χ1) is 12.2. The fourth-order valence-electron chi connectivity index (χ4n) is 3.69. The summed E-state index contributed by atoms with van der Waals surface area (Å²) in [5, 5.41) is 9.34. The van der Waals surface area contributed by atoms with Crippen molar-refractivity contribution in [1.82, 2.24) is 15.5 Å². The summed E-state index contributed by atoms with van der Waals surface area (Å²) in [7, 11) is 0. The molecular weight excluding hydrogens is 316 g/mol. The van der Waals surface area contributed by atoms with E-state index in [9.17, 15) is 9.59 Å².